The maximum absolute atomic E-state index is 5.57. The van der Waals surface area contributed by atoms with Gasteiger partial charge in [0.25, 0.3) is 6.01 Å². The molecule has 1 aromatic heterocycles. The smallest absolute Gasteiger partial charge is 0.294 e. The highest BCUT2D eigenvalue weighted by atomic mass is 16.5. The van der Waals surface area contributed by atoms with Crippen molar-refractivity contribution in [1.82, 2.24) is 4.98 Å². The maximum atomic E-state index is 5.57. The molecular weight excluding hydrogens is 216 g/mol. The summed E-state index contributed by atoms with van der Waals surface area (Å²) in [6.07, 6.45) is 1.72. The Hall–Kier alpha value is -1.97. The molecule has 4 nitrogen and oxygen atoms in total. The van der Waals surface area contributed by atoms with E-state index in [0.717, 1.165) is 28.2 Å². The van der Waals surface area contributed by atoms with Gasteiger partial charge in [-0.1, -0.05) is 0 Å². The Balaban J connectivity index is 2.49. The Bertz CT molecular complexity index is 532. The van der Waals surface area contributed by atoms with Gasteiger partial charge in [0.2, 0.25) is 0 Å². The molecule has 0 radical (unpaired) electrons. The summed E-state index contributed by atoms with van der Waals surface area (Å²) in [5.41, 5.74) is 3.30. The van der Waals surface area contributed by atoms with Crippen molar-refractivity contribution >= 4 is 6.01 Å². The van der Waals surface area contributed by atoms with Crippen LogP contribution < -0.4 is 10.1 Å². The zero-order valence-corrected chi connectivity index (χ0v) is 10.5. The summed E-state index contributed by atoms with van der Waals surface area (Å²) >= 11 is 0. The van der Waals surface area contributed by atoms with E-state index >= 15 is 0 Å². The van der Waals surface area contributed by atoms with E-state index < -0.39 is 0 Å². The number of nitrogens with zero attached hydrogens (tertiary/aromatic N) is 1. The number of hydrogen-bond acceptors (Lipinski definition) is 4. The third kappa shape index (κ3) is 1.98. The van der Waals surface area contributed by atoms with Crippen LogP contribution in [0.4, 0.5) is 6.01 Å². The van der Waals surface area contributed by atoms with Gasteiger partial charge in [-0.15, -0.1) is 0 Å². The van der Waals surface area contributed by atoms with Gasteiger partial charge in [-0.25, -0.2) is 4.98 Å². The molecule has 2 aromatic rings. The predicted octanol–water partition coefficient (Wildman–Crippen LogP) is 3.01. The zero-order valence-electron chi connectivity index (χ0n) is 10.5. The molecule has 0 aliphatic carbocycles. The highest BCUT2D eigenvalue weighted by molar-refractivity contribution is 5.66. The first-order valence-corrected chi connectivity index (χ1v) is 5.45. The predicted molar refractivity (Wildman–Crippen MR) is 67.5 cm³/mol. The van der Waals surface area contributed by atoms with Crippen LogP contribution in [0.25, 0.3) is 11.3 Å². The Morgan fingerprint density at radius 1 is 1.24 bits per heavy atom. The lowest BCUT2D eigenvalue weighted by molar-refractivity contribution is 0.411. The molecule has 0 atom stereocenters. The summed E-state index contributed by atoms with van der Waals surface area (Å²) in [5.74, 6) is 1.65. The Morgan fingerprint density at radius 2 is 2.00 bits per heavy atom. The second-order valence-corrected chi connectivity index (χ2v) is 3.85. The first-order valence-electron chi connectivity index (χ1n) is 5.45. The van der Waals surface area contributed by atoms with Crippen molar-refractivity contribution in [2.45, 2.75) is 13.8 Å². The maximum Gasteiger partial charge on any atom is 0.294 e. The monoisotopic (exact) mass is 232 g/mol. The Kier molecular flexibility index (Phi) is 3.04. The van der Waals surface area contributed by atoms with Crippen molar-refractivity contribution in [3.63, 3.8) is 0 Å². The van der Waals surface area contributed by atoms with Crippen LogP contribution in [0, 0.1) is 13.8 Å². The van der Waals surface area contributed by atoms with Gasteiger partial charge in [-0.2, -0.15) is 0 Å². The topological polar surface area (TPSA) is 47.3 Å². The summed E-state index contributed by atoms with van der Waals surface area (Å²) in [4.78, 5) is 4.12. The molecule has 0 saturated carbocycles. The molecule has 0 fully saturated rings. The fourth-order valence-electron chi connectivity index (χ4n) is 1.80. The standard InChI is InChI=1S/C13H16N2O2/c1-8-9(2)11(16-4)6-5-10(8)12-7-15-13(14-3)17-12/h5-7H,1-4H3,(H,14,15). The fourth-order valence-corrected chi connectivity index (χ4v) is 1.80. The second-order valence-electron chi connectivity index (χ2n) is 3.85. The van der Waals surface area contributed by atoms with E-state index in [1.807, 2.05) is 19.1 Å². The first kappa shape index (κ1) is 11.5. The van der Waals surface area contributed by atoms with Gasteiger partial charge in [0.1, 0.15) is 5.75 Å². The SMILES string of the molecule is CNc1ncc(-c2ccc(OC)c(C)c2C)o1. The lowest BCUT2D eigenvalue weighted by Crippen LogP contribution is -1.92. The van der Waals surface area contributed by atoms with Crippen molar-refractivity contribution < 1.29 is 9.15 Å². The average molecular weight is 232 g/mol. The average Bonchev–Trinajstić information content (AvgIpc) is 2.81. The van der Waals surface area contributed by atoms with E-state index in [-0.39, 0.29) is 0 Å². The molecule has 0 spiro atoms. The molecule has 0 bridgehead atoms. The van der Waals surface area contributed by atoms with Gasteiger partial charge in [0.15, 0.2) is 5.76 Å². The molecule has 0 saturated heterocycles. The van der Waals surface area contributed by atoms with Gasteiger partial charge in [-0.3, -0.25) is 0 Å². The number of rotatable bonds is 3. The van der Waals surface area contributed by atoms with Crippen molar-refractivity contribution in [3.8, 4) is 17.1 Å². The molecule has 0 amide bonds. The quantitative estimate of drug-likeness (QED) is 0.883. The molecule has 2 rings (SSSR count). The highest BCUT2D eigenvalue weighted by Gasteiger charge is 2.12. The van der Waals surface area contributed by atoms with E-state index in [2.05, 4.69) is 17.2 Å². The summed E-state index contributed by atoms with van der Waals surface area (Å²) in [5, 5.41) is 2.87. The van der Waals surface area contributed by atoms with Gasteiger partial charge in [0.05, 0.1) is 13.3 Å². The number of aromatic nitrogens is 1. The lowest BCUT2D eigenvalue weighted by atomic mass is 10.0. The second kappa shape index (κ2) is 4.49. The molecule has 1 N–H and O–H groups in total. The number of ether oxygens (including phenoxy) is 1. The Morgan fingerprint density at radius 3 is 2.59 bits per heavy atom. The van der Waals surface area contributed by atoms with Crippen LogP contribution in [-0.4, -0.2) is 19.1 Å². The zero-order chi connectivity index (χ0) is 12.4. The van der Waals surface area contributed by atoms with E-state index in [1.54, 1.807) is 20.4 Å². The van der Waals surface area contributed by atoms with Gasteiger partial charge < -0.3 is 14.5 Å². The molecule has 0 unspecified atom stereocenters. The van der Waals surface area contributed by atoms with E-state index in [0.29, 0.717) is 6.01 Å². The molecule has 90 valence electrons. The number of methoxy groups -OCH3 is 1. The van der Waals surface area contributed by atoms with E-state index in [1.165, 1.54) is 0 Å². The summed E-state index contributed by atoms with van der Waals surface area (Å²) in [6, 6.07) is 4.45. The van der Waals surface area contributed by atoms with Crippen LogP contribution in [0.5, 0.6) is 5.75 Å². The number of nitrogens with one attached hydrogen (secondary N) is 1. The minimum atomic E-state index is 0.521. The van der Waals surface area contributed by atoms with Crippen LogP contribution in [0.15, 0.2) is 22.7 Å². The van der Waals surface area contributed by atoms with Crippen molar-refractivity contribution in [1.29, 1.82) is 0 Å². The number of benzene rings is 1. The van der Waals surface area contributed by atoms with E-state index in [4.69, 9.17) is 9.15 Å². The summed E-state index contributed by atoms with van der Waals surface area (Å²) in [7, 11) is 3.46. The van der Waals surface area contributed by atoms with Crippen molar-refractivity contribution in [2.75, 3.05) is 19.5 Å². The van der Waals surface area contributed by atoms with Crippen LogP contribution in [0.1, 0.15) is 11.1 Å². The molecule has 0 aliphatic rings. The first-order chi connectivity index (χ1) is 8.17. The molecule has 0 aliphatic heterocycles. The fraction of sp³-hybridized carbons (Fsp3) is 0.308. The number of hydrogen-bond donors (Lipinski definition) is 1. The van der Waals surface area contributed by atoms with Crippen molar-refractivity contribution in [3.05, 3.63) is 29.5 Å². The summed E-state index contributed by atoms with van der Waals surface area (Å²) in [6.45, 7) is 4.09. The third-order valence-electron chi connectivity index (χ3n) is 2.94. The van der Waals surface area contributed by atoms with E-state index in [9.17, 15) is 0 Å². The minimum Gasteiger partial charge on any atom is -0.496 e. The normalized spacial score (nSPS) is 10.4. The number of oxazole rings is 1. The molecule has 4 heteroatoms. The molecule has 1 heterocycles. The molecule has 1 aromatic carbocycles. The van der Waals surface area contributed by atoms with Crippen LogP contribution in [-0.2, 0) is 0 Å². The van der Waals surface area contributed by atoms with Crippen LogP contribution >= 0.6 is 0 Å². The van der Waals surface area contributed by atoms with Gasteiger partial charge >= 0.3 is 0 Å². The largest absolute Gasteiger partial charge is 0.496 e. The van der Waals surface area contributed by atoms with Crippen LogP contribution in [0.3, 0.4) is 0 Å². The summed E-state index contributed by atoms with van der Waals surface area (Å²) < 4.78 is 10.8. The molecular formula is C13H16N2O2. The third-order valence-corrected chi connectivity index (χ3v) is 2.94. The highest BCUT2D eigenvalue weighted by Crippen LogP contribution is 2.31. The van der Waals surface area contributed by atoms with Gasteiger partial charge in [0, 0.05) is 12.6 Å². The van der Waals surface area contributed by atoms with Crippen molar-refractivity contribution in [2.24, 2.45) is 0 Å². The van der Waals surface area contributed by atoms with Crippen LogP contribution in [0.2, 0.25) is 0 Å². The van der Waals surface area contributed by atoms with Gasteiger partial charge in [-0.05, 0) is 37.1 Å². The minimum absolute atomic E-state index is 0.521. The molecule has 17 heavy (non-hydrogen) atoms. The number of anilines is 1. The Labute approximate surface area is 101 Å². The lowest BCUT2D eigenvalue weighted by Gasteiger charge is -2.10.